The van der Waals surface area contributed by atoms with Crippen molar-refractivity contribution in [3.05, 3.63) is 0 Å². The molecule has 0 aromatic heterocycles. The van der Waals surface area contributed by atoms with Gasteiger partial charge in [-0.1, -0.05) is 389 Å². The Kier molecular flexibility index (Phi) is 72.8. The Balaban J connectivity index is 5.26. The Morgan fingerprint density at radius 3 is 0.738 bits per heavy atom. The van der Waals surface area contributed by atoms with E-state index in [2.05, 4.69) is 48.5 Å². The summed E-state index contributed by atoms with van der Waals surface area (Å²) in [5, 5.41) is 10.7. The van der Waals surface area contributed by atoms with Crippen LogP contribution in [-0.4, -0.2) is 96.7 Å². The summed E-state index contributed by atoms with van der Waals surface area (Å²) in [7, 11) is -9.93. The van der Waals surface area contributed by atoms with Crippen LogP contribution in [0, 0.1) is 17.8 Å². The maximum atomic E-state index is 13.1. The van der Waals surface area contributed by atoms with Gasteiger partial charge in [0, 0.05) is 25.7 Å². The van der Waals surface area contributed by atoms with Gasteiger partial charge in [-0.05, 0) is 43.4 Å². The normalized spacial score (nSPS) is 14.2. The van der Waals surface area contributed by atoms with Gasteiger partial charge in [0.05, 0.1) is 26.4 Å². The molecule has 0 bridgehead atoms. The summed E-state index contributed by atoms with van der Waals surface area (Å²) in [6.07, 6.45) is 63.8. The maximum absolute atomic E-state index is 13.1. The molecule has 6 atom stereocenters. The Morgan fingerprint density at radius 1 is 0.282 bits per heavy atom. The molecule has 17 nitrogen and oxygen atoms in total. The standard InChI is InChI=1S/C84H164O17P2/c1-8-10-11-12-13-14-15-16-17-18-19-20-21-22-25-32-37-46-53-60-67-83(88)100-79(71-94-81(86)65-58-51-44-36-31-26-23-24-29-34-41-48-55-62-75(3)4)73-98-102(90,91)96-69-78(85)70-97-103(92,93)99-74-80(72-95-82(87)66-59-52-45-40-39-43-50-57-64-77(7)9-2)101-84(89)68-61-54-47-38-33-28-27-30-35-42-49-56-63-76(5)6/h75-80,85H,8-74H2,1-7H3,(H,90,91)(H,92,93)/t77?,78-,79-,80-/m1/s1. The lowest BCUT2D eigenvalue weighted by molar-refractivity contribution is -0.161. The summed E-state index contributed by atoms with van der Waals surface area (Å²) in [6, 6.07) is 0. The van der Waals surface area contributed by atoms with Crippen LogP contribution in [0.2, 0.25) is 0 Å². The summed E-state index contributed by atoms with van der Waals surface area (Å²) in [4.78, 5) is 73.2. The lowest BCUT2D eigenvalue weighted by Gasteiger charge is -2.21. The van der Waals surface area contributed by atoms with Gasteiger partial charge in [-0.2, -0.15) is 0 Å². The van der Waals surface area contributed by atoms with Gasteiger partial charge in [-0.25, -0.2) is 9.13 Å². The topological polar surface area (TPSA) is 237 Å². The van der Waals surface area contributed by atoms with Crippen molar-refractivity contribution in [3.63, 3.8) is 0 Å². The zero-order valence-electron chi connectivity index (χ0n) is 67.8. The van der Waals surface area contributed by atoms with E-state index in [1.54, 1.807) is 0 Å². The molecule has 103 heavy (non-hydrogen) atoms. The molecule has 0 aliphatic heterocycles. The SMILES string of the molecule is CCCCCCCCCCCCCCCCCCCCCCC(=O)O[C@H](COC(=O)CCCCCCCCCCCCCCCC(C)C)COP(=O)(O)OC[C@@H](O)COP(=O)(O)OC[C@@H](COC(=O)CCCCCCCCCCC(C)CC)OC(=O)CCCCCCCCCCCCCCC(C)C. The molecule has 0 heterocycles. The minimum atomic E-state index is -4.96. The average Bonchev–Trinajstić information content (AvgIpc) is 0.913. The smallest absolute Gasteiger partial charge is 0.462 e. The first-order valence-electron chi connectivity index (χ1n) is 43.4. The first kappa shape index (κ1) is 101. The number of carbonyl (C=O) groups excluding carboxylic acids is 4. The molecule has 0 rings (SSSR count). The molecular weight excluding hydrogens is 1340 g/mol. The Bertz CT molecular complexity index is 1990. The fourth-order valence-corrected chi connectivity index (χ4v) is 14.6. The van der Waals surface area contributed by atoms with Crippen LogP contribution in [0.15, 0.2) is 0 Å². The number of aliphatic hydroxyl groups is 1. The van der Waals surface area contributed by atoms with Gasteiger partial charge in [-0.15, -0.1) is 0 Å². The number of unbranched alkanes of at least 4 members (excludes halogenated alkanes) is 49. The highest BCUT2D eigenvalue weighted by molar-refractivity contribution is 7.47. The zero-order chi connectivity index (χ0) is 75.8. The number of hydrogen-bond donors (Lipinski definition) is 3. The first-order chi connectivity index (χ1) is 49.8. The predicted octanol–water partition coefficient (Wildman–Crippen LogP) is 25.3. The van der Waals surface area contributed by atoms with Gasteiger partial charge in [0.2, 0.25) is 0 Å². The quantitative estimate of drug-likeness (QED) is 0.0222. The minimum Gasteiger partial charge on any atom is -0.462 e. The fourth-order valence-electron chi connectivity index (χ4n) is 13.0. The van der Waals surface area contributed by atoms with E-state index in [1.807, 2.05) is 0 Å². The molecule has 612 valence electrons. The van der Waals surface area contributed by atoms with Gasteiger partial charge >= 0.3 is 39.5 Å². The number of carbonyl (C=O) groups is 4. The molecule has 0 aliphatic carbocycles. The van der Waals surface area contributed by atoms with E-state index in [1.165, 1.54) is 250 Å². The molecule has 0 fully saturated rings. The average molecular weight is 1510 g/mol. The van der Waals surface area contributed by atoms with Gasteiger partial charge in [0.25, 0.3) is 0 Å². The van der Waals surface area contributed by atoms with E-state index in [-0.39, 0.29) is 25.7 Å². The highest BCUT2D eigenvalue weighted by atomic mass is 31.2. The van der Waals surface area contributed by atoms with Crippen molar-refractivity contribution in [2.45, 2.75) is 458 Å². The zero-order valence-corrected chi connectivity index (χ0v) is 69.6. The van der Waals surface area contributed by atoms with Gasteiger partial charge < -0.3 is 33.8 Å². The molecule has 19 heteroatoms. The number of ether oxygens (including phenoxy) is 4. The molecule has 0 amide bonds. The van der Waals surface area contributed by atoms with Crippen LogP contribution >= 0.6 is 15.6 Å². The van der Waals surface area contributed by atoms with Crippen molar-refractivity contribution >= 4 is 39.5 Å². The minimum absolute atomic E-state index is 0.106. The van der Waals surface area contributed by atoms with Crippen LogP contribution in [0.4, 0.5) is 0 Å². The summed E-state index contributed by atoms with van der Waals surface area (Å²) >= 11 is 0. The van der Waals surface area contributed by atoms with Crippen molar-refractivity contribution in [2.24, 2.45) is 17.8 Å². The summed E-state index contributed by atoms with van der Waals surface area (Å²) in [5.41, 5.74) is 0. The molecule has 0 radical (unpaired) electrons. The molecule has 3 unspecified atom stereocenters. The molecule has 0 aliphatic rings. The van der Waals surface area contributed by atoms with Crippen LogP contribution in [0.25, 0.3) is 0 Å². The molecule has 0 saturated carbocycles. The predicted molar refractivity (Wildman–Crippen MR) is 423 cm³/mol. The summed E-state index contributed by atoms with van der Waals surface area (Å²) in [6.45, 7) is 12.0. The van der Waals surface area contributed by atoms with E-state index in [0.29, 0.717) is 25.7 Å². The van der Waals surface area contributed by atoms with E-state index in [9.17, 15) is 43.2 Å². The Morgan fingerprint density at radius 2 is 0.495 bits per heavy atom. The maximum Gasteiger partial charge on any atom is 0.472 e. The van der Waals surface area contributed by atoms with E-state index >= 15 is 0 Å². The molecule has 0 aromatic rings. The van der Waals surface area contributed by atoms with Crippen LogP contribution in [0.5, 0.6) is 0 Å². The Labute approximate surface area is 632 Å². The summed E-state index contributed by atoms with van der Waals surface area (Å²) in [5.74, 6) is 0.238. The number of phosphoric ester groups is 2. The molecule has 0 saturated heterocycles. The number of hydrogen-bond acceptors (Lipinski definition) is 15. The molecule has 3 N–H and O–H groups in total. The number of phosphoric acid groups is 2. The molecule has 0 spiro atoms. The third-order valence-corrected chi connectivity index (χ3v) is 21.9. The van der Waals surface area contributed by atoms with E-state index in [0.717, 1.165) is 108 Å². The second-order valence-electron chi connectivity index (χ2n) is 31.4. The second-order valence-corrected chi connectivity index (χ2v) is 34.3. The third kappa shape index (κ3) is 76.6. The lowest BCUT2D eigenvalue weighted by atomic mass is 9.99. The first-order valence-corrected chi connectivity index (χ1v) is 46.4. The van der Waals surface area contributed by atoms with Gasteiger partial charge in [-0.3, -0.25) is 37.3 Å². The highest BCUT2D eigenvalue weighted by Gasteiger charge is 2.30. The van der Waals surface area contributed by atoms with Crippen LogP contribution < -0.4 is 0 Å². The van der Waals surface area contributed by atoms with Gasteiger partial charge in [0.15, 0.2) is 12.2 Å². The largest absolute Gasteiger partial charge is 0.472 e. The third-order valence-electron chi connectivity index (χ3n) is 20.0. The van der Waals surface area contributed by atoms with E-state index in [4.69, 9.17) is 37.0 Å². The lowest BCUT2D eigenvalue weighted by Crippen LogP contribution is -2.30. The molecular formula is C84H164O17P2. The van der Waals surface area contributed by atoms with Crippen molar-refractivity contribution in [1.29, 1.82) is 0 Å². The number of esters is 4. The van der Waals surface area contributed by atoms with Crippen molar-refractivity contribution < 1.29 is 80.2 Å². The van der Waals surface area contributed by atoms with Crippen molar-refractivity contribution in [3.8, 4) is 0 Å². The monoisotopic (exact) mass is 1510 g/mol. The van der Waals surface area contributed by atoms with Gasteiger partial charge in [0.1, 0.15) is 19.3 Å². The Hall–Kier alpha value is -1.94. The van der Waals surface area contributed by atoms with Crippen LogP contribution in [0.1, 0.15) is 440 Å². The highest BCUT2D eigenvalue weighted by Crippen LogP contribution is 2.45. The fraction of sp³-hybridized carbons (Fsp3) is 0.952. The molecule has 0 aromatic carbocycles. The summed E-state index contributed by atoms with van der Waals surface area (Å²) < 4.78 is 68.9. The van der Waals surface area contributed by atoms with Crippen LogP contribution in [0.3, 0.4) is 0 Å². The van der Waals surface area contributed by atoms with Crippen molar-refractivity contribution in [2.75, 3.05) is 39.6 Å². The second kappa shape index (κ2) is 74.2. The van der Waals surface area contributed by atoms with Crippen molar-refractivity contribution in [1.82, 2.24) is 0 Å². The van der Waals surface area contributed by atoms with Crippen LogP contribution in [-0.2, 0) is 65.4 Å². The number of aliphatic hydroxyl groups excluding tert-OH is 1. The van der Waals surface area contributed by atoms with E-state index < -0.39 is 97.5 Å². The number of rotatable bonds is 82.